The van der Waals surface area contributed by atoms with Crippen molar-refractivity contribution in [3.63, 3.8) is 0 Å². The summed E-state index contributed by atoms with van der Waals surface area (Å²) < 4.78 is 5.56. The van der Waals surface area contributed by atoms with Crippen LogP contribution in [0.2, 0.25) is 0 Å². The highest BCUT2D eigenvalue weighted by Crippen LogP contribution is 2.24. The average Bonchev–Trinajstić information content (AvgIpc) is 2.38. The monoisotopic (exact) mass is 278 g/mol. The summed E-state index contributed by atoms with van der Waals surface area (Å²) >= 11 is 0. The summed E-state index contributed by atoms with van der Waals surface area (Å²) in [4.78, 5) is 11.4. The van der Waals surface area contributed by atoms with Crippen LogP contribution in [0, 0.1) is 5.92 Å². The first-order valence-corrected chi connectivity index (χ1v) is 7.36. The molecule has 1 aromatic rings. The zero-order chi connectivity index (χ0) is 14.6. The Hall–Kier alpha value is -1.20. The molecule has 2 heterocycles. The van der Waals surface area contributed by atoms with Gasteiger partial charge in [-0.1, -0.05) is 13.8 Å². The van der Waals surface area contributed by atoms with E-state index >= 15 is 0 Å². The third-order valence-corrected chi connectivity index (χ3v) is 3.45. The predicted molar refractivity (Wildman–Crippen MR) is 80.8 cm³/mol. The molecule has 0 aliphatic carbocycles. The van der Waals surface area contributed by atoms with Crippen molar-refractivity contribution in [2.24, 2.45) is 5.92 Å². The second-order valence-corrected chi connectivity index (χ2v) is 6.41. The molecule has 5 nitrogen and oxygen atoms in total. The van der Waals surface area contributed by atoms with Gasteiger partial charge in [0, 0.05) is 19.3 Å². The molecule has 5 heteroatoms. The van der Waals surface area contributed by atoms with Crippen molar-refractivity contribution < 1.29 is 4.74 Å². The highest BCUT2D eigenvalue weighted by Gasteiger charge is 2.31. The maximum atomic E-state index is 5.56. The van der Waals surface area contributed by atoms with Crippen molar-refractivity contribution in [3.05, 3.63) is 18.1 Å². The van der Waals surface area contributed by atoms with Crippen LogP contribution in [0.3, 0.4) is 0 Å². The van der Waals surface area contributed by atoms with Gasteiger partial charge in [-0.15, -0.1) is 0 Å². The number of hydrogen-bond acceptors (Lipinski definition) is 5. The van der Waals surface area contributed by atoms with Crippen LogP contribution in [-0.4, -0.2) is 41.8 Å². The molecule has 0 aromatic carbocycles. The molecular formula is C15H26N4O. The maximum absolute atomic E-state index is 5.56. The molecular weight excluding hydrogens is 252 g/mol. The largest absolute Gasteiger partial charge is 0.377 e. The molecule has 0 bridgehead atoms. The van der Waals surface area contributed by atoms with E-state index in [1.54, 1.807) is 0 Å². The molecule has 1 fully saturated rings. The molecule has 1 aliphatic heterocycles. The second-order valence-electron chi connectivity index (χ2n) is 6.41. The van der Waals surface area contributed by atoms with Crippen LogP contribution in [0.1, 0.15) is 33.4 Å². The summed E-state index contributed by atoms with van der Waals surface area (Å²) in [5.74, 6) is 1.59. The fraction of sp³-hybridized carbons (Fsp3) is 0.733. The first-order chi connectivity index (χ1) is 9.49. The van der Waals surface area contributed by atoms with E-state index in [0.29, 0.717) is 5.92 Å². The van der Waals surface area contributed by atoms with Gasteiger partial charge in [0.05, 0.1) is 30.6 Å². The molecule has 0 saturated carbocycles. The van der Waals surface area contributed by atoms with Gasteiger partial charge >= 0.3 is 0 Å². The van der Waals surface area contributed by atoms with E-state index < -0.39 is 0 Å². The van der Waals surface area contributed by atoms with Crippen molar-refractivity contribution in [1.82, 2.24) is 15.3 Å². The van der Waals surface area contributed by atoms with Crippen molar-refractivity contribution in [2.75, 3.05) is 31.2 Å². The molecule has 1 saturated heterocycles. The Morgan fingerprint density at radius 2 is 2.20 bits per heavy atom. The fourth-order valence-electron chi connectivity index (χ4n) is 2.38. The van der Waals surface area contributed by atoms with E-state index in [-0.39, 0.29) is 5.54 Å². The van der Waals surface area contributed by atoms with Crippen LogP contribution in [0.25, 0.3) is 0 Å². The number of rotatable bonds is 5. The zero-order valence-electron chi connectivity index (χ0n) is 13.0. The Balaban J connectivity index is 2.05. The lowest BCUT2D eigenvalue weighted by Crippen LogP contribution is -2.53. The van der Waals surface area contributed by atoms with Crippen LogP contribution < -0.4 is 10.2 Å². The zero-order valence-corrected chi connectivity index (χ0v) is 13.0. The molecule has 2 rings (SSSR count). The van der Waals surface area contributed by atoms with Gasteiger partial charge in [0.15, 0.2) is 0 Å². The van der Waals surface area contributed by atoms with Gasteiger partial charge in [-0.2, -0.15) is 0 Å². The van der Waals surface area contributed by atoms with Gasteiger partial charge in [0.1, 0.15) is 5.82 Å². The minimum absolute atomic E-state index is 0.0308. The quantitative estimate of drug-likeness (QED) is 0.890. The third-order valence-electron chi connectivity index (χ3n) is 3.45. The van der Waals surface area contributed by atoms with Crippen molar-refractivity contribution in [1.29, 1.82) is 0 Å². The van der Waals surface area contributed by atoms with E-state index in [1.165, 1.54) is 0 Å². The second kappa shape index (κ2) is 6.50. The van der Waals surface area contributed by atoms with E-state index in [4.69, 9.17) is 9.72 Å². The Kier molecular flexibility index (Phi) is 4.94. The Morgan fingerprint density at radius 3 is 2.90 bits per heavy atom. The number of ether oxygens (including phenoxy) is 1. The van der Waals surface area contributed by atoms with Gasteiger partial charge in [0.25, 0.3) is 0 Å². The first kappa shape index (κ1) is 15.2. The first-order valence-electron chi connectivity index (χ1n) is 7.36. The van der Waals surface area contributed by atoms with Gasteiger partial charge < -0.3 is 15.0 Å². The average molecular weight is 278 g/mol. The van der Waals surface area contributed by atoms with Gasteiger partial charge in [-0.3, -0.25) is 4.98 Å². The molecule has 0 radical (unpaired) electrons. The minimum atomic E-state index is -0.0308. The smallest absolute Gasteiger partial charge is 0.148 e. The number of nitrogens with one attached hydrogen (secondary N) is 1. The van der Waals surface area contributed by atoms with E-state index in [2.05, 4.69) is 42.9 Å². The standard InChI is InChI=1S/C15H26N4O/c1-12(2)7-16-8-13-9-17-10-14(18-13)19-5-6-20-11-15(19,3)4/h9-10,12,16H,5-8,11H2,1-4H3. The maximum Gasteiger partial charge on any atom is 0.148 e. The Labute approximate surface area is 121 Å². The van der Waals surface area contributed by atoms with Gasteiger partial charge in [-0.05, 0) is 26.3 Å². The summed E-state index contributed by atoms with van der Waals surface area (Å²) in [6, 6.07) is 0. The highest BCUT2D eigenvalue weighted by atomic mass is 16.5. The summed E-state index contributed by atoms with van der Waals surface area (Å²) in [6.07, 6.45) is 3.68. The molecule has 0 unspecified atom stereocenters. The lowest BCUT2D eigenvalue weighted by atomic mass is 10.0. The highest BCUT2D eigenvalue weighted by molar-refractivity contribution is 5.40. The fourth-order valence-corrected chi connectivity index (χ4v) is 2.38. The molecule has 0 amide bonds. The van der Waals surface area contributed by atoms with Crippen LogP contribution in [0.15, 0.2) is 12.4 Å². The van der Waals surface area contributed by atoms with Crippen molar-refractivity contribution >= 4 is 5.82 Å². The SMILES string of the molecule is CC(C)CNCc1cncc(N2CCOCC2(C)C)n1. The molecule has 1 aliphatic rings. The van der Waals surface area contributed by atoms with Crippen LogP contribution >= 0.6 is 0 Å². The molecule has 0 spiro atoms. The summed E-state index contributed by atoms with van der Waals surface area (Å²) in [7, 11) is 0. The number of anilines is 1. The van der Waals surface area contributed by atoms with Crippen molar-refractivity contribution in [2.45, 2.75) is 39.8 Å². The van der Waals surface area contributed by atoms with Crippen LogP contribution in [0.4, 0.5) is 5.82 Å². The van der Waals surface area contributed by atoms with E-state index in [1.807, 2.05) is 12.4 Å². The molecule has 112 valence electrons. The van der Waals surface area contributed by atoms with E-state index in [9.17, 15) is 0 Å². The van der Waals surface area contributed by atoms with Crippen LogP contribution in [-0.2, 0) is 11.3 Å². The molecule has 1 N–H and O–H groups in total. The number of aromatic nitrogens is 2. The van der Waals surface area contributed by atoms with Gasteiger partial charge in [0.2, 0.25) is 0 Å². The third kappa shape index (κ3) is 3.90. The Bertz CT molecular complexity index is 434. The summed E-state index contributed by atoms with van der Waals surface area (Å²) in [6.45, 7) is 12.9. The minimum Gasteiger partial charge on any atom is -0.377 e. The van der Waals surface area contributed by atoms with Gasteiger partial charge in [-0.25, -0.2) is 4.98 Å². The predicted octanol–water partition coefficient (Wildman–Crippen LogP) is 1.84. The van der Waals surface area contributed by atoms with E-state index in [0.717, 1.165) is 44.4 Å². The number of morpholine rings is 1. The molecule has 0 atom stereocenters. The number of nitrogens with zero attached hydrogens (tertiary/aromatic N) is 3. The summed E-state index contributed by atoms with van der Waals surface area (Å²) in [5, 5.41) is 3.41. The molecule has 1 aromatic heterocycles. The van der Waals surface area contributed by atoms with Crippen molar-refractivity contribution in [3.8, 4) is 0 Å². The summed E-state index contributed by atoms with van der Waals surface area (Å²) in [5.41, 5.74) is 0.960. The lowest BCUT2D eigenvalue weighted by molar-refractivity contribution is 0.0638. The lowest BCUT2D eigenvalue weighted by Gasteiger charge is -2.42. The number of hydrogen-bond donors (Lipinski definition) is 1. The Morgan fingerprint density at radius 1 is 1.40 bits per heavy atom. The normalized spacial score (nSPS) is 18.6. The van der Waals surface area contributed by atoms with Crippen LogP contribution in [0.5, 0.6) is 0 Å². The molecule has 20 heavy (non-hydrogen) atoms. The topological polar surface area (TPSA) is 50.3 Å².